The monoisotopic (exact) mass is 530 g/mol. The molecule has 2 heterocycles. The lowest BCUT2D eigenvalue weighted by atomic mass is 9.99. The third-order valence-corrected chi connectivity index (χ3v) is 5.43. The molecule has 1 aliphatic heterocycles. The van der Waals surface area contributed by atoms with E-state index in [1.54, 1.807) is 0 Å². The van der Waals surface area contributed by atoms with Crippen molar-refractivity contribution in [2.45, 2.75) is 53.5 Å². The number of aliphatic imine (C=N–C) groups is 1. The Hall–Kier alpha value is -1.58. The molecule has 0 bridgehead atoms. The summed E-state index contributed by atoms with van der Waals surface area (Å²) >= 11 is 0. The zero-order valence-electron chi connectivity index (χ0n) is 19.0. The SMILES string of the molecule is CCNC(=NCc1ccc(N2CCC(C)CC2)nc1)NCCC(=O)N(CC)CC.I. The summed E-state index contributed by atoms with van der Waals surface area (Å²) < 4.78 is 0. The average molecular weight is 530 g/mol. The van der Waals surface area contributed by atoms with Crippen molar-refractivity contribution >= 4 is 41.7 Å². The second kappa shape index (κ2) is 14.4. The molecule has 1 saturated heterocycles. The maximum Gasteiger partial charge on any atom is 0.224 e. The van der Waals surface area contributed by atoms with Crippen molar-refractivity contribution in [3.05, 3.63) is 23.9 Å². The minimum atomic E-state index is 0. The van der Waals surface area contributed by atoms with Gasteiger partial charge in [0.15, 0.2) is 5.96 Å². The number of rotatable bonds is 9. The van der Waals surface area contributed by atoms with Crippen LogP contribution in [0, 0.1) is 5.92 Å². The number of carbonyl (C=O) groups is 1. The smallest absolute Gasteiger partial charge is 0.224 e. The van der Waals surface area contributed by atoms with Crippen molar-refractivity contribution in [2.75, 3.05) is 44.2 Å². The third-order valence-electron chi connectivity index (χ3n) is 5.43. The van der Waals surface area contributed by atoms with Gasteiger partial charge in [0, 0.05) is 51.9 Å². The molecule has 2 N–H and O–H groups in total. The van der Waals surface area contributed by atoms with Crippen LogP contribution < -0.4 is 15.5 Å². The first-order valence-electron chi connectivity index (χ1n) is 11.1. The van der Waals surface area contributed by atoms with Gasteiger partial charge in [0.2, 0.25) is 5.91 Å². The first-order chi connectivity index (χ1) is 14.1. The molecule has 7 nitrogen and oxygen atoms in total. The van der Waals surface area contributed by atoms with Gasteiger partial charge in [-0.1, -0.05) is 13.0 Å². The molecule has 0 aromatic carbocycles. The van der Waals surface area contributed by atoms with Gasteiger partial charge in [-0.2, -0.15) is 0 Å². The average Bonchev–Trinajstić information content (AvgIpc) is 2.74. The Morgan fingerprint density at radius 3 is 2.47 bits per heavy atom. The molecule has 0 unspecified atom stereocenters. The molecule has 1 aliphatic rings. The second-order valence-corrected chi connectivity index (χ2v) is 7.63. The van der Waals surface area contributed by atoms with Crippen LogP contribution in [0.5, 0.6) is 0 Å². The summed E-state index contributed by atoms with van der Waals surface area (Å²) in [6.07, 6.45) is 4.87. The number of nitrogens with zero attached hydrogens (tertiary/aromatic N) is 4. The number of nitrogens with one attached hydrogen (secondary N) is 2. The Labute approximate surface area is 199 Å². The number of guanidine groups is 1. The molecule has 0 atom stereocenters. The molecule has 0 radical (unpaired) electrons. The number of pyridine rings is 1. The second-order valence-electron chi connectivity index (χ2n) is 7.63. The van der Waals surface area contributed by atoms with Gasteiger partial charge in [-0.25, -0.2) is 9.98 Å². The standard InChI is InChI=1S/C22H38N6O.HI/c1-5-23-22(24-13-10-21(29)27(6-2)7-3)26-17-19-8-9-20(25-16-19)28-14-11-18(4)12-15-28;/h8-9,16,18H,5-7,10-15,17H2,1-4H3,(H2,23,24,26);1H. The number of hydrogen-bond donors (Lipinski definition) is 2. The van der Waals surface area contributed by atoms with Crippen molar-refractivity contribution in [1.82, 2.24) is 20.5 Å². The van der Waals surface area contributed by atoms with Crippen LogP contribution in [0.2, 0.25) is 0 Å². The normalized spacial score (nSPS) is 14.8. The van der Waals surface area contributed by atoms with Crippen LogP contribution in [0.4, 0.5) is 5.82 Å². The highest BCUT2D eigenvalue weighted by molar-refractivity contribution is 14.0. The van der Waals surface area contributed by atoms with Gasteiger partial charge >= 0.3 is 0 Å². The summed E-state index contributed by atoms with van der Waals surface area (Å²) in [6.45, 7) is 14.0. The Morgan fingerprint density at radius 1 is 1.20 bits per heavy atom. The molecule has 1 aromatic heterocycles. The first kappa shape index (κ1) is 26.5. The topological polar surface area (TPSA) is 72.9 Å². The van der Waals surface area contributed by atoms with Crippen molar-refractivity contribution < 1.29 is 4.79 Å². The van der Waals surface area contributed by atoms with Gasteiger partial charge in [-0.3, -0.25) is 4.79 Å². The lowest BCUT2D eigenvalue weighted by Crippen LogP contribution is -2.40. The third kappa shape index (κ3) is 8.65. The zero-order valence-corrected chi connectivity index (χ0v) is 21.3. The summed E-state index contributed by atoms with van der Waals surface area (Å²) in [4.78, 5) is 25.6. The fraction of sp³-hybridized carbons (Fsp3) is 0.682. The lowest BCUT2D eigenvalue weighted by Gasteiger charge is -2.31. The summed E-state index contributed by atoms with van der Waals surface area (Å²) in [5.74, 6) is 2.78. The molecule has 30 heavy (non-hydrogen) atoms. The Balaban J connectivity index is 0.00000450. The zero-order chi connectivity index (χ0) is 21.1. The Kier molecular flexibility index (Phi) is 12.7. The van der Waals surface area contributed by atoms with Gasteiger partial charge in [0.25, 0.3) is 0 Å². The summed E-state index contributed by atoms with van der Waals surface area (Å²) in [7, 11) is 0. The van der Waals surface area contributed by atoms with Crippen molar-refractivity contribution in [3.8, 4) is 0 Å². The van der Waals surface area contributed by atoms with Crippen LogP contribution in [0.15, 0.2) is 23.3 Å². The van der Waals surface area contributed by atoms with E-state index in [2.05, 4.69) is 44.6 Å². The van der Waals surface area contributed by atoms with E-state index in [1.165, 1.54) is 12.8 Å². The Morgan fingerprint density at radius 2 is 1.90 bits per heavy atom. The molecule has 0 saturated carbocycles. The molecule has 2 rings (SSSR count). The highest BCUT2D eigenvalue weighted by atomic mass is 127. The number of piperidine rings is 1. The predicted molar refractivity (Wildman–Crippen MR) is 136 cm³/mol. The molecular formula is C22H39IN6O. The van der Waals surface area contributed by atoms with Gasteiger partial charge in [0.05, 0.1) is 6.54 Å². The molecule has 1 fully saturated rings. The summed E-state index contributed by atoms with van der Waals surface area (Å²) in [5.41, 5.74) is 1.08. The summed E-state index contributed by atoms with van der Waals surface area (Å²) in [5, 5.41) is 6.49. The van der Waals surface area contributed by atoms with E-state index < -0.39 is 0 Å². The van der Waals surface area contributed by atoms with Crippen LogP contribution >= 0.6 is 24.0 Å². The van der Waals surface area contributed by atoms with Gasteiger partial charge in [0.1, 0.15) is 5.82 Å². The number of carbonyl (C=O) groups excluding carboxylic acids is 1. The van der Waals surface area contributed by atoms with E-state index in [9.17, 15) is 4.79 Å². The lowest BCUT2D eigenvalue weighted by molar-refractivity contribution is -0.130. The van der Waals surface area contributed by atoms with Crippen LogP contribution in [0.3, 0.4) is 0 Å². The largest absolute Gasteiger partial charge is 0.357 e. The predicted octanol–water partition coefficient (Wildman–Crippen LogP) is 3.25. The molecule has 0 aliphatic carbocycles. The molecule has 170 valence electrons. The molecular weight excluding hydrogens is 491 g/mol. The van der Waals surface area contributed by atoms with Crippen molar-refractivity contribution in [1.29, 1.82) is 0 Å². The van der Waals surface area contributed by atoms with E-state index in [0.29, 0.717) is 19.5 Å². The summed E-state index contributed by atoms with van der Waals surface area (Å²) in [6, 6.07) is 4.21. The number of amides is 1. The molecule has 8 heteroatoms. The van der Waals surface area contributed by atoms with Crippen LogP contribution in [0.25, 0.3) is 0 Å². The van der Waals surface area contributed by atoms with Gasteiger partial charge in [-0.15, -0.1) is 24.0 Å². The van der Waals surface area contributed by atoms with Crippen LogP contribution in [-0.2, 0) is 11.3 Å². The molecule has 1 amide bonds. The minimum Gasteiger partial charge on any atom is -0.357 e. The van der Waals surface area contributed by atoms with E-state index in [-0.39, 0.29) is 29.9 Å². The maximum absolute atomic E-state index is 12.1. The fourth-order valence-corrected chi connectivity index (χ4v) is 3.47. The van der Waals surface area contributed by atoms with E-state index in [0.717, 1.165) is 56.0 Å². The van der Waals surface area contributed by atoms with Gasteiger partial charge in [-0.05, 0) is 51.2 Å². The van der Waals surface area contributed by atoms with Crippen LogP contribution in [0.1, 0.15) is 52.5 Å². The first-order valence-corrected chi connectivity index (χ1v) is 11.1. The van der Waals surface area contributed by atoms with E-state index in [1.807, 2.05) is 31.9 Å². The minimum absolute atomic E-state index is 0. The number of halogens is 1. The van der Waals surface area contributed by atoms with E-state index in [4.69, 9.17) is 0 Å². The fourth-order valence-electron chi connectivity index (χ4n) is 3.47. The maximum atomic E-state index is 12.1. The quantitative estimate of drug-likeness (QED) is 0.292. The molecule has 0 spiro atoms. The van der Waals surface area contributed by atoms with Gasteiger partial charge < -0.3 is 20.4 Å². The van der Waals surface area contributed by atoms with Crippen molar-refractivity contribution in [2.24, 2.45) is 10.9 Å². The highest BCUT2D eigenvalue weighted by Gasteiger charge is 2.16. The highest BCUT2D eigenvalue weighted by Crippen LogP contribution is 2.21. The number of anilines is 1. The number of aromatic nitrogens is 1. The van der Waals surface area contributed by atoms with Crippen LogP contribution in [-0.4, -0.2) is 61.0 Å². The molecule has 1 aromatic rings. The Bertz CT molecular complexity index is 640. The van der Waals surface area contributed by atoms with Crippen molar-refractivity contribution in [3.63, 3.8) is 0 Å². The van der Waals surface area contributed by atoms with E-state index >= 15 is 0 Å². The number of hydrogen-bond acceptors (Lipinski definition) is 4.